The molecule has 0 spiro atoms. The molecule has 0 radical (unpaired) electrons. The number of nitrogens with zero attached hydrogens (tertiary/aromatic N) is 5. The lowest BCUT2D eigenvalue weighted by atomic mass is 9.94. The van der Waals surface area contributed by atoms with Crippen LogP contribution in [0.5, 0.6) is 11.8 Å². The zero-order valence-corrected chi connectivity index (χ0v) is 30.5. The van der Waals surface area contributed by atoms with Gasteiger partial charge >= 0.3 is 6.01 Å². The summed E-state index contributed by atoms with van der Waals surface area (Å²) in [7, 11) is 0. The minimum Gasteiger partial charge on any atom is -0.468 e. The van der Waals surface area contributed by atoms with Gasteiger partial charge in [-0.2, -0.15) is 9.97 Å². The maximum Gasteiger partial charge on any atom is 0.319 e. The van der Waals surface area contributed by atoms with Crippen LogP contribution in [0.15, 0.2) is 60.8 Å². The predicted octanol–water partition coefficient (Wildman–Crippen LogP) is 6.94. The zero-order valence-electron chi connectivity index (χ0n) is 30.5. The van der Waals surface area contributed by atoms with E-state index in [9.17, 15) is 19.6 Å². The Hall–Kier alpha value is -5.49. The van der Waals surface area contributed by atoms with Gasteiger partial charge in [0.25, 0.3) is 5.69 Å². The van der Waals surface area contributed by atoms with Gasteiger partial charge in [0.05, 0.1) is 34.7 Å². The average Bonchev–Trinajstić information content (AvgIpc) is 3.16. The van der Waals surface area contributed by atoms with Gasteiger partial charge in [0.15, 0.2) is 12.6 Å². The molecule has 0 unspecified atom stereocenters. The second-order valence-corrected chi connectivity index (χ2v) is 14.4. The normalized spacial score (nSPS) is 20.5. The van der Waals surface area contributed by atoms with Crippen molar-refractivity contribution in [3.63, 3.8) is 0 Å². The number of aromatic nitrogens is 3. The van der Waals surface area contributed by atoms with Crippen LogP contribution in [0.1, 0.15) is 51.0 Å². The Kier molecular flexibility index (Phi) is 11.3. The van der Waals surface area contributed by atoms with Gasteiger partial charge in [-0.05, 0) is 81.5 Å². The number of piperidine rings is 1. The summed E-state index contributed by atoms with van der Waals surface area (Å²) in [6, 6.07) is 14.0. The van der Waals surface area contributed by atoms with Crippen LogP contribution < -0.4 is 19.7 Å². The van der Waals surface area contributed by atoms with E-state index in [0.29, 0.717) is 65.9 Å². The lowest BCUT2D eigenvalue weighted by molar-refractivity contribution is -0.384. The van der Waals surface area contributed by atoms with E-state index in [4.69, 9.17) is 25.6 Å². The van der Waals surface area contributed by atoms with Crippen LogP contribution in [-0.2, 0) is 4.74 Å². The van der Waals surface area contributed by atoms with E-state index in [0.717, 1.165) is 32.2 Å². The van der Waals surface area contributed by atoms with Gasteiger partial charge in [-0.25, -0.2) is 8.78 Å². The minimum atomic E-state index is -0.967. The Morgan fingerprint density at radius 1 is 1.07 bits per heavy atom. The summed E-state index contributed by atoms with van der Waals surface area (Å²) in [5.74, 6) is 2.19. The maximum absolute atomic E-state index is 16.8. The summed E-state index contributed by atoms with van der Waals surface area (Å²) in [6.07, 6.45) is 12.0. The molecule has 12 nitrogen and oxygen atoms in total. The van der Waals surface area contributed by atoms with E-state index in [1.807, 2.05) is 4.90 Å². The van der Waals surface area contributed by atoms with Crippen LogP contribution in [0.25, 0.3) is 32.9 Å². The Labute approximate surface area is 317 Å². The number of terminal acetylenes is 1. The third-order valence-electron chi connectivity index (χ3n) is 10.3. The van der Waals surface area contributed by atoms with Crippen molar-refractivity contribution in [3.8, 4) is 35.4 Å². The molecule has 3 atom stereocenters. The number of nitro benzene ring substituents is 1. The van der Waals surface area contributed by atoms with Gasteiger partial charge in [0, 0.05) is 48.4 Å². The molecule has 2 fully saturated rings. The number of nitrogens with one attached hydrogen (secondary N) is 1. The van der Waals surface area contributed by atoms with Gasteiger partial charge in [0.2, 0.25) is 0 Å². The summed E-state index contributed by atoms with van der Waals surface area (Å²) in [5, 5.41) is 26.8. The first-order chi connectivity index (χ1) is 26.6. The largest absolute Gasteiger partial charge is 0.468 e. The highest BCUT2D eigenvalue weighted by Crippen LogP contribution is 2.38. The molecule has 0 amide bonds. The van der Waals surface area contributed by atoms with Crippen LogP contribution in [0.3, 0.4) is 0 Å². The van der Waals surface area contributed by atoms with Gasteiger partial charge in [-0.1, -0.05) is 30.2 Å². The Morgan fingerprint density at radius 2 is 1.91 bits per heavy atom. The molecule has 5 aromatic rings. The molecule has 2 aliphatic rings. The molecule has 2 saturated heterocycles. The van der Waals surface area contributed by atoms with E-state index in [1.165, 1.54) is 36.5 Å². The van der Waals surface area contributed by atoms with Crippen molar-refractivity contribution in [2.75, 3.05) is 44.5 Å². The number of hydrogen-bond donors (Lipinski definition) is 2. The number of non-ortho nitro benzene ring substituents is 1. The molecule has 2 aromatic heterocycles. The molecule has 4 heterocycles. The van der Waals surface area contributed by atoms with Crippen LogP contribution >= 0.6 is 0 Å². The van der Waals surface area contributed by atoms with Gasteiger partial charge in [0.1, 0.15) is 28.6 Å². The molecule has 55 heavy (non-hydrogen) atoms. The highest BCUT2D eigenvalue weighted by molar-refractivity contribution is 6.02. The summed E-state index contributed by atoms with van der Waals surface area (Å²) < 4.78 is 49.3. The summed E-state index contributed by atoms with van der Waals surface area (Å²) in [4.78, 5) is 26.2. The monoisotopic (exact) mass is 752 g/mol. The Morgan fingerprint density at radius 3 is 2.69 bits per heavy atom. The van der Waals surface area contributed by atoms with Crippen molar-refractivity contribution >= 4 is 33.2 Å². The number of aliphatic hydroxyl groups is 1. The van der Waals surface area contributed by atoms with Crippen molar-refractivity contribution in [1.29, 1.82) is 0 Å². The van der Waals surface area contributed by atoms with Crippen LogP contribution in [0, 0.1) is 40.0 Å². The number of fused-ring (bicyclic) bond motifs is 2. The summed E-state index contributed by atoms with van der Waals surface area (Å²) >= 11 is 0. The number of rotatable bonds is 11. The molecular formula is C41H42F2N6O6. The van der Waals surface area contributed by atoms with Crippen molar-refractivity contribution in [2.24, 2.45) is 5.92 Å². The molecule has 14 heteroatoms. The molecule has 7 rings (SSSR count). The van der Waals surface area contributed by atoms with Crippen molar-refractivity contribution in [1.82, 2.24) is 20.3 Å². The molecule has 0 aliphatic carbocycles. The highest BCUT2D eigenvalue weighted by Gasteiger charge is 2.32. The van der Waals surface area contributed by atoms with Crippen LogP contribution in [0.2, 0.25) is 0 Å². The lowest BCUT2D eigenvalue weighted by Crippen LogP contribution is -2.46. The first-order valence-corrected chi connectivity index (χ1v) is 18.4. The molecule has 0 saturated carbocycles. The van der Waals surface area contributed by atoms with Gasteiger partial charge in [-0.15, -0.1) is 6.42 Å². The number of anilines is 1. The smallest absolute Gasteiger partial charge is 0.319 e. The van der Waals surface area contributed by atoms with E-state index in [1.54, 1.807) is 31.2 Å². The van der Waals surface area contributed by atoms with Crippen LogP contribution in [-0.4, -0.2) is 76.3 Å². The quantitative estimate of drug-likeness (QED) is 0.0476. The van der Waals surface area contributed by atoms with Crippen molar-refractivity contribution in [3.05, 3.63) is 88.1 Å². The molecule has 2 N–H and O–H groups in total. The van der Waals surface area contributed by atoms with Gasteiger partial charge in [-0.3, -0.25) is 15.1 Å². The Bertz CT molecular complexity index is 2230. The number of ether oxygens (including phenoxy) is 3. The van der Waals surface area contributed by atoms with Crippen molar-refractivity contribution < 1.29 is 33.0 Å². The Balaban J connectivity index is 1.09. The molecule has 2 aliphatic heterocycles. The number of hydrogen-bond acceptors (Lipinski definition) is 11. The first-order valence-electron chi connectivity index (χ1n) is 18.4. The SMILES string of the molecule is C#Cc1c(F)ccc2cccc(-c3ncc4c(N5CCC[C@@](C)(O)C5)nc(OC[C@@H]5CCCN[C@H](COCOc6ccc([N+](=O)[O-])cc6)CC5)nc4c3F)c12. The average molecular weight is 753 g/mol. The highest BCUT2D eigenvalue weighted by atomic mass is 19.1. The fraction of sp³-hybridized carbons (Fsp3) is 0.390. The summed E-state index contributed by atoms with van der Waals surface area (Å²) in [6.45, 7) is 4.18. The zero-order chi connectivity index (χ0) is 38.5. The summed E-state index contributed by atoms with van der Waals surface area (Å²) in [5.41, 5.74) is -0.640. The molecule has 0 bridgehead atoms. The number of nitro groups is 1. The van der Waals surface area contributed by atoms with E-state index < -0.39 is 22.2 Å². The predicted molar refractivity (Wildman–Crippen MR) is 204 cm³/mol. The number of β-amino-alcohol motifs (C(OH)–C–C–N with tert-alkyl or cyclic N) is 1. The second-order valence-electron chi connectivity index (χ2n) is 14.4. The third-order valence-corrected chi connectivity index (χ3v) is 10.3. The van der Waals surface area contributed by atoms with Crippen LogP contribution in [0.4, 0.5) is 20.3 Å². The number of pyridine rings is 1. The topological polar surface area (TPSA) is 145 Å². The standard InChI is InChI=1S/C41H42F2N6O6/c1-3-31-34(42)17-11-27-8-4-9-32(35(27)31)37-36(43)38-33(21-45-37)39(48-20-6-18-41(2,50)24-48)47-40(46-38)54-22-26-7-5-19-44-28(12-10-26)23-53-25-55-30-15-13-29(14-16-30)49(51)52/h1,4,8-9,11,13-17,21,26,28,44,50H,5-7,10,12,18-20,22-25H2,2H3/t26-,28+,41-/m1/s1. The lowest BCUT2D eigenvalue weighted by Gasteiger charge is -2.37. The fourth-order valence-electron chi connectivity index (χ4n) is 7.45. The fourth-order valence-corrected chi connectivity index (χ4v) is 7.45. The number of halogens is 2. The first kappa shape index (κ1) is 37.8. The molecule has 3 aromatic carbocycles. The maximum atomic E-state index is 16.8. The number of benzene rings is 3. The molecule has 286 valence electrons. The molecular weight excluding hydrogens is 710 g/mol. The van der Waals surface area contributed by atoms with Gasteiger partial charge < -0.3 is 29.5 Å². The van der Waals surface area contributed by atoms with E-state index in [2.05, 4.69) is 21.2 Å². The second kappa shape index (κ2) is 16.5. The van der Waals surface area contributed by atoms with Crippen molar-refractivity contribution in [2.45, 2.75) is 57.1 Å². The third kappa shape index (κ3) is 8.59. The van der Waals surface area contributed by atoms with E-state index >= 15 is 4.39 Å². The minimum absolute atomic E-state index is 0.000837. The van der Waals surface area contributed by atoms with E-state index in [-0.39, 0.29) is 53.8 Å².